The van der Waals surface area contributed by atoms with Crippen LogP contribution in [0.3, 0.4) is 0 Å². The van der Waals surface area contributed by atoms with E-state index in [2.05, 4.69) is 29.6 Å². The molecule has 0 aliphatic carbocycles. The van der Waals surface area contributed by atoms with Crippen LogP contribution in [0.25, 0.3) is 0 Å². The van der Waals surface area contributed by atoms with Crippen LogP contribution < -0.4 is 15.4 Å². The van der Waals surface area contributed by atoms with Gasteiger partial charge < -0.3 is 20.3 Å². The summed E-state index contributed by atoms with van der Waals surface area (Å²) in [5.74, 6) is 0.161. The van der Waals surface area contributed by atoms with Crippen molar-refractivity contribution in [2.75, 3.05) is 26.2 Å². The lowest BCUT2D eigenvalue weighted by molar-refractivity contribution is -0.136. The number of rotatable bonds is 5. The molecule has 9 nitrogen and oxygen atoms in total. The van der Waals surface area contributed by atoms with Gasteiger partial charge in [0.25, 0.3) is 5.91 Å². The van der Waals surface area contributed by atoms with Crippen LogP contribution in [0.15, 0.2) is 24.4 Å². The smallest absolute Gasteiger partial charge is 0.255 e. The van der Waals surface area contributed by atoms with Crippen molar-refractivity contribution in [1.29, 1.82) is 0 Å². The van der Waals surface area contributed by atoms with Gasteiger partial charge >= 0.3 is 0 Å². The predicted octanol–water partition coefficient (Wildman–Crippen LogP) is 3.28. The van der Waals surface area contributed by atoms with Crippen LogP contribution >= 0.6 is 11.6 Å². The van der Waals surface area contributed by atoms with E-state index in [1.54, 1.807) is 34.0 Å². The van der Waals surface area contributed by atoms with Crippen LogP contribution in [0.5, 0.6) is 5.75 Å². The Morgan fingerprint density at radius 1 is 1.27 bits per heavy atom. The Morgan fingerprint density at radius 3 is 2.76 bits per heavy atom. The molecule has 202 valence electrons. The van der Waals surface area contributed by atoms with Crippen molar-refractivity contribution < 1.29 is 19.1 Å². The summed E-state index contributed by atoms with van der Waals surface area (Å²) < 4.78 is 7.79. The molecule has 0 saturated heterocycles. The number of ether oxygens (including phenoxy) is 1. The lowest BCUT2D eigenvalue weighted by atomic mass is 10.0. The number of nitrogens with one attached hydrogen (secondary N) is 2. The molecule has 2 aromatic rings. The van der Waals surface area contributed by atoms with Gasteiger partial charge in [-0.2, -0.15) is 5.10 Å². The summed E-state index contributed by atoms with van der Waals surface area (Å²) in [6, 6.07) is 4.66. The standard InChI is InChI=1S/C27H38ClN5O4/c1-18(2)13-22-17-37-24-9-8-21(28)14-23(24)27(36)29-11-5-6-12-33(16-25(34)31-22)26(35)10-7-20-15-30-32(4)19(20)3/h8-9,14-15,18,22H,5-7,10-13,16-17H2,1-4H3,(H,29,36)(H,31,34)/t22-/m1/s1. The highest BCUT2D eigenvalue weighted by molar-refractivity contribution is 6.31. The molecule has 0 spiro atoms. The van der Waals surface area contributed by atoms with Crippen LogP contribution in [0.2, 0.25) is 5.02 Å². The van der Waals surface area contributed by atoms with Crippen molar-refractivity contribution >= 4 is 29.3 Å². The maximum Gasteiger partial charge on any atom is 0.255 e. The molecule has 0 bridgehead atoms. The molecule has 37 heavy (non-hydrogen) atoms. The maximum atomic E-state index is 13.1. The molecule has 0 radical (unpaired) electrons. The molecule has 1 aromatic heterocycles. The van der Waals surface area contributed by atoms with E-state index < -0.39 is 0 Å². The Bertz CT molecular complexity index is 1100. The number of aryl methyl sites for hydroxylation is 2. The summed E-state index contributed by atoms with van der Waals surface area (Å²) >= 11 is 6.14. The van der Waals surface area contributed by atoms with E-state index in [9.17, 15) is 14.4 Å². The second kappa shape index (κ2) is 13.5. The SMILES string of the molecule is Cc1c(CCC(=O)N2CCCCNC(=O)c3cc(Cl)ccc3OC[C@@H](CC(C)C)NC(=O)C2)cnn1C. The van der Waals surface area contributed by atoms with Crippen molar-refractivity contribution in [3.63, 3.8) is 0 Å². The summed E-state index contributed by atoms with van der Waals surface area (Å²) in [7, 11) is 1.87. The molecule has 0 fully saturated rings. The molecule has 1 aliphatic rings. The van der Waals surface area contributed by atoms with Gasteiger partial charge in [-0.05, 0) is 62.3 Å². The lowest BCUT2D eigenvalue weighted by Gasteiger charge is -2.25. The van der Waals surface area contributed by atoms with E-state index in [1.807, 2.05) is 14.0 Å². The first-order chi connectivity index (χ1) is 17.6. The normalized spacial score (nSPS) is 17.8. The zero-order valence-electron chi connectivity index (χ0n) is 22.2. The third kappa shape index (κ3) is 8.49. The molecular weight excluding hydrogens is 494 g/mol. The molecule has 1 atom stereocenters. The third-order valence-electron chi connectivity index (χ3n) is 6.52. The van der Waals surface area contributed by atoms with Gasteiger partial charge in [0, 0.05) is 37.3 Å². The topological polar surface area (TPSA) is 106 Å². The van der Waals surface area contributed by atoms with Gasteiger partial charge in [-0.3, -0.25) is 19.1 Å². The molecular formula is C27H38ClN5O4. The average Bonchev–Trinajstić information content (AvgIpc) is 3.16. The summed E-state index contributed by atoms with van der Waals surface area (Å²) in [5.41, 5.74) is 2.41. The number of hydrogen-bond acceptors (Lipinski definition) is 5. The highest BCUT2D eigenvalue weighted by Gasteiger charge is 2.22. The van der Waals surface area contributed by atoms with E-state index in [4.69, 9.17) is 16.3 Å². The largest absolute Gasteiger partial charge is 0.491 e. The number of fused-ring (bicyclic) bond motifs is 1. The highest BCUT2D eigenvalue weighted by atomic mass is 35.5. The number of carbonyl (C=O) groups is 3. The fourth-order valence-electron chi connectivity index (χ4n) is 4.39. The molecule has 2 N–H and O–H groups in total. The number of amides is 3. The number of hydrogen-bond donors (Lipinski definition) is 2. The maximum absolute atomic E-state index is 13.1. The zero-order chi connectivity index (χ0) is 26.9. The second-order valence-electron chi connectivity index (χ2n) is 10.0. The zero-order valence-corrected chi connectivity index (χ0v) is 22.9. The number of halogens is 1. The van der Waals surface area contributed by atoms with Gasteiger partial charge in [0.1, 0.15) is 12.4 Å². The van der Waals surface area contributed by atoms with Gasteiger partial charge in [-0.1, -0.05) is 25.4 Å². The van der Waals surface area contributed by atoms with Gasteiger partial charge in [-0.15, -0.1) is 0 Å². The minimum atomic E-state index is -0.279. The van der Waals surface area contributed by atoms with E-state index in [0.717, 1.165) is 11.3 Å². The van der Waals surface area contributed by atoms with Crippen molar-refractivity contribution in [1.82, 2.24) is 25.3 Å². The van der Waals surface area contributed by atoms with Gasteiger partial charge in [0.2, 0.25) is 11.8 Å². The van der Waals surface area contributed by atoms with E-state index >= 15 is 0 Å². The predicted molar refractivity (Wildman–Crippen MR) is 143 cm³/mol. The average molecular weight is 532 g/mol. The summed E-state index contributed by atoms with van der Waals surface area (Å²) in [5, 5.41) is 10.6. The summed E-state index contributed by atoms with van der Waals surface area (Å²) in [6.07, 6.45) is 4.65. The van der Waals surface area contributed by atoms with E-state index in [-0.39, 0.29) is 36.9 Å². The summed E-state index contributed by atoms with van der Waals surface area (Å²) in [6.45, 7) is 7.16. The Hall–Kier alpha value is -3.07. The molecule has 3 rings (SSSR count). The highest BCUT2D eigenvalue weighted by Crippen LogP contribution is 2.24. The summed E-state index contributed by atoms with van der Waals surface area (Å²) in [4.78, 5) is 40.6. The number of nitrogens with zero attached hydrogens (tertiary/aromatic N) is 3. The second-order valence-corrected chi connectivity index (χ2v) is 10.4. The molecule has 10 heteroatoms. The monoisotopic (exact) mass is 531 g/mol. The van der Waals surface area contributed by atoms with Crippen molar-refractivity contribution in [2.45, 2.75) is 58.9 Å². The molecule has 3 amide bonds. The van der Waals surface area contributed by atoms with Gasteiger partial charge in [0.15, 0.2) is 0 Å². The quantitative estimate of drug-likeness (QED) is 0.616. The third-order valence-corrected chi connectivity index (χ3v) is 6.76. The van der Waals surface area contributed by atoms with E-state index in [0.29, 0.717) is 67.4 Å². The Labute approximate surface area is 223 Å². The first kappa shape index (κ1) is 28.5. The first-order valence-electron chi connectivity index (χ1n) is 12.9. The Balaban J connectivity index is 1.74. The fourth-order valence-corrected chi connectivity index (χ4v) is 4.56. The van der Waals surface area contributed by atoms with Gasteiger partial charge in [-0.25, -0.2) is 0 Å². The Kier molecular flexibility index (Phi) is 10.4. The molecule has 2 heterocycles. The minimum Gasteiger partial charge on any atom is -0.491 e. The molecule has 1 aromatic carbocycles. The van der Waals surface area contributed by atoms with Crippen molar-refractivity contribution in [2.24, 2.45) is 13.0 Å². The van der Waals surface area contributed by atoms with Crippen molar-refractivity contribution in [3.05, 3.63) is 46.2 Å². The van der Waals surface area contributed by atoms with Gasteiger partial charge in [0.05, 0.1) is 24.3 Å². The number of benzene rings is 1. The number of aromatic nitrogens is 2. The fraction of sp³-hybridized carbons (Fsp3) is 0.556. The minimum absolute atomic E-state index is 0.0159. The molecule has 0 saturated carbocycles. The number of carbonyl (C=O) groups excluding carboxylic acids is 3. The lowest BCUT2D eigenvalue weighted by Crippen LogP contribution is -2.46. The van der Waals surface area contributed by atoms with Crippen LogP contribution in [0.1, 0.15) is 61.1 Å². The Morgan fingerprint density at radius 2 is 2.05 bits per heavy atom. The first-order valence-corrected chi connectivity index (χ1v) is 13.3. The van der Waals surface area contributed by atoms with Crippen molar-refractivity contribution in [3.8, 4) is 5.75 Å². The van der Waals surface area contributed by atoms with E-state index in [1.165, 1.54) is 0 Å². The van der Waals surface area contributed by atoms with Crippen LogP contribution in [-0.2, 0) is 23.1 Å². The molecule has 1 aliphatic heterocycles. The van der Waals surface area contributed by atoms with Crippen LogP contribution in [-0.4, -0.2) is 64.7 Å². The molecule has 0 unspecified atom stereocenters. The van der Waals surface area contributed by atoms with Crippen LogP contribution in [0, 0.1) is 12.8 Å². The van der Waals surface area contributed by atoms with Crippen LogP contribution in [0.4, 0.5) is 0 Å².